The Labute approximate surface area is 164 Å². The van der Waals surface area contributed by atoms with Crippen LogP contribution in [0.3, 0.4) is 0 Å². The molecule has 150 valence electrons. The molecule has 0 aromatic carbocycles. The van der Waals surface area contributed by atoms with E-state index in [9.17, 15) is 9.90 Å². The van der Waals surface area contributed by atoms with E-state index >= 15 is 4.39 Å². The number of nitrogens with two attached hydrogens (primary N) is 1. The van der Waals surface area contributed by atoms with Crippen LogP contribution in [0.25, 0.3) is 28.4 Å². The number of H-pyrrole nitrogens is 1. The van der Waals surface area contributed by atoms with Crippen molar-refractivity contribution in [2.24, 2.45) is 5.73 Å². The number of aromatic amines is 1. The topological polar surface area (TPSA) is 140 Å². The second-order valence-corrected chi connectivity index (χ2v) is 6.70. The van der Waals surface area contributed by atoms with E-state index in [1.165, 1.54) is 16.8 Å². The molecule has 4 N–H and O–H groups in total. The number of amides is 1. The largest absolute Gasteiger partial charge is 0.504 e. The molecule has 0 aliphatic heterocycles. The van der Waals surface area contributed by atoms with Gasteiger partial charge in [0.1, 0.15) is 17.1 Å². The van der Waals surface area contributed by atoms with E-state index < -0.39 is 11.7 Å². The Morgan fingerprint density at radius 3 is 2.83 bits per heavy atom. The second-order valence-electron chi connectivity index (χ2n) is 6.70. The van der Waals surface area contributed by atoms with E-state index in [1.807, 2.05) is 6.92 Å². The van der Waals surface area contributed by atoms with Crippen LogP contribution in [0.4, 0.5) is 4.39 Å². The zero-order valence-electron chi connectivity index (χ0n) is 16.1. The minimum absolute atomic E-state index is 0.00781. The molecule has 4 aromatic heterocycles. The number of aromatic nitrogens is 7. The fourth-order valence-corrected chi connectivity index (χ4v) is 3.32. The molecule has 0 saturated heterocycles. The molecule has 4 rings (SSSR count). The molecule has 0 spiro atoms. The van der Waals surface area contributed by atoms with Gasteiger partial charge in [-0.3, -0.25) is 19.6 Å². The van der Waals surface area contributed by atoms with Gasteiger partial charge in [0.25, 0.3) is 5.91 Å². The molecule has 0 bridgehead atoms. The Morgan fingerprint density at radius 2 is 2.14 bits per heavy atom. The van der Waals surface area contributed by atoms with E-state index in [0.29, 0.717) is 29.1 Å². The molecule has 4 heterocycles. The highest BCUT2D eigenvalue weighted by Crippen LogP contribution is 2.34. The normalized spacial score (nSPS) is 11.4. The van der Waals surface area contributed by atoms with Crippen molar-refractivity contribution >= 4 is 11.4 Å². The number of halogens is 1. The predicted octanol–water partition coefficient (Wildman–Crippen LogP) is 1.95. The highest BCUT2D eigenvalue weighted by molar-refractivity contribution is 5.97. The van der Waals surface area contributed by atoms with Crippen molar-refractivity contribution in [3.05, 3.63) is 35.3 Å². The summed E-state index contributed by atoms with van der Waals surface area (Å²) in [6.07, 6.45) is 3.74. The van der Waals surface area contributed by atoms with Gasteiger partial charge in [-0.25, -0.2) is 9.37 Å². The zero-order chi connectivity index (χ0) is 20.9. The highest BCUT2D eigenvalue weighted by atomic mass is 19.1. The molecule has 0 atom stereocenters. The maximum absolute atomic E-state index is 15.1. The van der Waals surface area contributed by atoms with Crippen LogP contribution in [-0.4, -0.2) is 45.4 Å². The number of rotatable bonds is 5. The smallest absolute Gasteiger partial charge is 0.268 e. The van der Waals surface area contributed by atoms with Crippen LogP contribution < -0.4 is 5.73 Å². The van der Waals surface area contributed by atoms with Crippen molar-refractivity contribution in [2.75, 3.05) is 0 Å². The minimum atomic E-state index is -0.917. The average Bonchev–Trinajstić information content (AvgIpc) is 3.30. The molecule has 0 unspecified atom stereocenters. The first kappa shape index (κ1) is 18.6. The van der Waals surface area contributed by atoms with Gasteiger partial charge in [-0.15, -0.1) is 0 Å². The van der Waals surface area contributed by atoms with Crippen LogP contribution in [-0.2, 0) is 6.54 Å². The third-order valence-corrected chi connectivity index (χ3v) is 4.59. The van der Waals surface area contributed by atoms with Gasteiger partial charge in [-0.1, -0.05) is 6.92 Å². The van der Waals surface area contributed by atoms with Crippen molar-refractivity contribution in [2.45, 2.75) is 33.7 Å². The summed E-state index contributed by atoms with van der Waals surface area (Å²) >= 11 is 0. The first-order valence-corrected chi connectivity index (χ1v) is 8.98. The van der Waals surface area contributed by atoms with Crippen molar-refractivity contribution in [1.82, 2.24) is 34.3 Å². The fourth-order valence-electron chi connectivity index (χ4n) is 3.32. The standard InChI is InChI=1S/C18H19FN8O2/c1-4-5-27-14(15(28)9(3)25-27)18-22-17(23-24-18)11-10-6-21-8(2)7-26(10)13(12(11)19)16(20)29/h6-7,28H,4-5H2,1-3H3,(H2,20,29)(H,22,23,24). The van der Waals surface area contributed by atoms with Gasteiger partial charge in [-0.2, -0.15) is 10.2 Å². The number of primary amides is 1. The Kier molecular flexibility index (Phi) is 4.29. The van der Waals surface area contributed by atoms with Gasteiger partial charge in [0.2, 0.25) is 0 Å². The first-order chi connectivity index (χ1) is 13.8. The zero-order valence-corrected chi connectivity index (χ0v) is 16.1. The van der Waals surface area contributed by atoms with Gasteiger partial charge >= 0.3 is 0 Å². The van der Waals surface area contributed by atoms with Crippen LogP contribution in [0, 0.1) is 19.7 Å². The third kappa shape index (κ3) is 2.82. The quantitative estimate of drug-likeness (QED) is 0.469. The molecular weight excluding hydrogens is 379 g/mol. The van der Waals surface area contributed by atoms with E-state index in [0.717, 1.165) is 6.42 Å². The number of nitrogens with one attached hydrogen (secondary N) is 1. The van der Waals surface area contributed by atoms with Gasteiger partial charge in [0.05, 0.1) is 23.0 Å². The van der Waals surface area contributed by atoms with Crippen LogP contribution in [0.15, 0.2) is 12.4 Å². The van der Waals surface area contributed by atoms with Crippen LogP contribution in [0.2, 0.25) is 0 Å². The van der Waals surface area contributed by atoms with E-state index in [4.69, 9.17) is 5.73 Å². The van der Waals surface area contributed by atoms with Crippen LogP contribution >= 0.6 is 0 Å². The van der Waals surface area contributed by atoms with Gasteiger partial charge in [0.15, 0.2) is 23.2 Å². The molecule has 0 aliphatic rings. The van der Waals surface area contributed by atoms with Gasteiger partial charge in [0, 0.05) is 12.7 Å². The number of aromatic hydroxyl groups is 1. The van der Waals surface area contributed by atoms with E-state index in [-0.39, 0.29) is 28.7 Å². The lowest BCUT2D eigenvalue weighted by molar-refractivity contribution is 0.0991. The molecule has 4 aromatic rings. The lowest BCUT2D eigenvalue weighted by atomic mass is 10.2. The minimum Gasteiger partial charge on any atom is -0.504 e. The molecule has 0 saturated carbocycles. The van der Waals surface area contributed by atoms with Crippen LogP contribution in [0.1, 0.15) is 35.2 Å². The summed E-state index contributed by atoms with van der Waals surface area (Å²) in [7, 11) is 0. The van der Waals surface area contributed by atoms with Crippen LogP contribution in [0.5, 0.6) is 5.75 Å². The summed E-state index contributed by atoms with van der Waals surface area (Å²) in [6, 6.07) is 0. The number of hydrogen-bond acceptors (Lipinski definition) is 6. The molecule has 0 fully saturated rings. The summed E-state index contributed by atoms with van der Waals surface area (Å²) < 4.78 is 18.1. The second kappa shape index (κ2) is 6.69. The summed E-state index contributed by atoms with van der Waals surface area (Å²) in [5, 5.41) is 21.5. The van der Waals surface area contributed by atoms with Crippen molar-refractivity contribution in [1.29, 1.82) is 0 Å². The van der Waals surface area contributed by atoms with Crippen molar-refractivity contribution in [3.63, 3.8) is 0 Å². The fraction of sp³-hybridized carbons (Fsp3) is 0.278. The third-order valence-electron chi connectivity index (χ3n) is 4.59. The van der Waals surface area contributed by atoms with Crippen molar-refractivity contribution < 1.29 is 14.3 Å². The molecular formula is C18H19FN8O2. The lowest BCUT2D eigenvalue weighted by Crippen LogP contribution is -2.15. The predicted molar refractivity (Wildman–Crippen MR) is 102 cm³/mol. The summed E-state index contributed by atoms with van der Waals surface area (Å²) in [4.78, 5) is 20.4. The Morgan fingerprint density at radius 1 is 1.38 bits per heavy atom. The van der Waals surface area contributed by atoms with Gasteiger partial charge < -0.3 is 15.2 Å². The Hall–Kier alpha value is -3.76. The summed E-state index contributed by atoms with van der Waals surface area (Å²) in [5.41, 5.74) is 6.76. The van der Waals surface area contributed by atoms with E-state index in [2.05, 4.69) is 25.3 Å². The molecule has 0 radical (unpaired) electrons. The monoisotopic (exact) mass is 398 g/mol. The van der Waals surface area contributed by atoms with Crippen molar-refractivity contribution in [3.8, 4) is 28.7 Å². The Balaban J connectivity index is 1.92. The maximum atomic E-state index is 15.1. The van der Waals surface area contributed by atoms with Gasteiger partial charge in [-0.05, 0) is 20.3 Å². The number of aryl methyl sites for hydroxylation is 3. The molecule has 10 nitrogen and oxygen atoms in total. The summed E-state index contributed by atoms with van der Waals surface area (Å²) in [6.45, 7) is 5.93. The number of nitrogens with zero attached hydrogens (tertiary/aromatic N) is 6. The number of carbonyl (C=O) groups excluding carboxylic acids is 1. The maximum Gasteiger partial charge on any atom is 0.268 e. The average molecular weight is 398 g/mol. The SMILES string of the molecule is CCCn1nc(C)c(O)c1-c1nc(-c2c(F)c(C(N)=O)n3cc(C)ncc23)n[nH]1. The Bertz CT molecular complexity index is 1250. The van der Waals surface area contributed by atoms with E-state index in [1.54, 1.807) is 18.5 Å². The lowest BCUT2D eigenvalue weighted by Gasteiger charge is -2.02. The molecule has 1 amide bonds. The summed E-state index contributed by atoms with van der Waals surface area (Å²) in [5.74, 6) is -1.55. The first-order valence-electron chi connectivity index (χ1n) is 8.98. The number of hydrogen-bond donors (Lipinski definition) is 3. The molecule has 0 aliphatic carbocycles. The number of carbonyl (C=O) groups is 1. The number of fused-ring (bicyclic) bond motifs is 1. The molecule has 29 heavy (non-hydrogen) atoms. The highest BCUT2D eigenvalue weighted by Gasteiger charge is 2.27. The molecule has 11 heteroatoms.